The second-order valence-electron chi connectivity index (χ2n) is 7.35. The number of hydrogen-bond acceptors (Lipinski definition) is 4. The maximum absolute atomic E-state index is 12.7. The molecule has 1 unspecified atom stereocenters. The van der Waals surface area contributed by atoms with E-state index >= 15 is 0 Å². The lowest BCUT2D eigenvalue weighted by molar-refractivity contribution is -0.139. The van der Waals surface area contributed by atoms with Crippen LogP contribution >= 0.6 is 0 Å². The van der Waals surface area contributed by atoms with E-state index < -0.39 is 6.04 Å². The van der Waals surface area contributed by atoms with Gasteiger partial charge in [-0.3, -0.25) is 19.3 Å². The zero-order valence-corrected chi connectivity index (χ0v) is 15.9. The summed E-state index contributed by atoms with van der Waals surface area (Å²) in [6.45, 7) is 3.00. The SMILES string of the molecule is Cc1cc(NC2CC(=O)N(Cc3ccccc3)C2=O)ccc1N1CCCC1=O. The number of carbonyl (C=O) groups is 3. The molecule has 2 fully saturated rings. The van der Waals surface area contributed by atoms with Crippen molar-refractivity contribution in [2.24, 2.45) is 0 Å². The number of nitrogens with zero attached hydrogens (tertiary/aromatic N) is 2. The van der Waals surface area contributed by atoms with Crippen LogP contribution in [-0.4, -0.2) is 35.2 Å². The van der Waals surface area contributed by atoms with E-state index in [1.54, 1.807) is 0 Å². The Balaban J connectivity index is 1.45. The van der Waals surface area contributed by atoms with E-state index in [9.17, 15) is 14.4 Å². The lowest BCUT2D eigenvalue weighted by Gasteiger charge is -2.20. The minimum Gasteiger partial charge on any atom is -0.373 e. The number of nitrogens with one attached hydrogen (secondary N) is 1. The van der Waals surface area contributed by atoms with Gasteiger partial charge in [-0.25, -0.2) is 0 Å². The summed E-state index contributed by atoms with van der Waals surface area (Å²) < 4.78 is 0. The molecule has 28 heavy (non-hydrogen) atoms. The Labute approximate surface area is 164 Å². The first-order valence-corrected chi connectivity index (χ1v) is 9.58. The third-order valence-electron chi connectivity index (χ3n) is 5.33. The van der Waals surface area contributed by atoms with E-state index in [0.29, 0.717) is 13.0 Å². The Morgan fingerprint density at radius 1 is 1.04 bits per heavy atom. The van der Waals surface area contributed by atoms with Gasteiger partial charge in [0.2, 0.25) is 11.8 Å². The van der Waals surface area contributed by atoms with Crippen LogP contribution in [0.1, 0.15) is 30.4 Å². The summed E-state index contributed by atoms with van der Waals surface area (Å²) in [5.41, 5.74) is 3.59. The van der Waals surface area contributed by atoms with Gasteiger partial charge in [-0.05, 0) is 42.7 Å². The van der Waals surface area contributed by atoms with Crippen LogP contribution in [0.4, 0.5) is 11.4 Å². The molecule has 4 rings (SSSR count). The minimum atomic E-state index is -0.560. The minimum absolute atomic E-state index is 0.150. The monoisotopic (exact) mass is 377 g/mol. The van der Waals surface area contributed by atoms with Gasteiger partial charge in [0.05, 0.1) is 13.0 Å². The van der Waals surface area contributed by atoms with Gasteiger partial charge in [-0.1, -0.05) is 30.3 Å². The van der Waals surface area contributed by atoms with Crippen molar-refractivity contribution in [2.45, 2.75) is 38.8 Å². The quantitative estimate of drug-likeness (QED) is 0.814. The Morgan fingerprint density at radius 2 is 1.82 bits per heavy atom. The predicted octanol–water partition coefficient (Wildman–Crippen LogP) is 2.86. The van der Waals surface area contributed by atoms with Crippen LogP contribution in [0.15, 0.2) is 48.5 Å². The van der Waals surface area contributed by atoms with Gasteiger partial charge in [0.15, 0.2) is 0 Å². The summed E-state index contributed by atoms with van der Waals surface area (Å²) in [5, 5.41) is 3.19. The first-order valence-electron chi connectivity index (χ1n) is 9.58. The van der Waals surface area contributed by atoms with Crippen molar-refractivity contribution in [3.63, 3.8) is 0 Å². The third-order valence-corrected chi connectivity index (χ3v) is 5.33. The Hall–Kier alpha value is -3.15. The zero-order valence-electron chi connectivity index (χ0n) is 15.9. The average molecular weight is 377 g/mol. The number of anilines is 2. The summed E-state index contributed by atoms with van der Waals surface area (Å²) in [6.07, 6.45) is 1.63. The summed E-state index contributed by atoms with van der Waals surface area (Å²) in [7, 11) is 0. The second kappa shape index (κ2) is 7.46. The highest BCUT2D eigenvalue weighted by atomic mass is 16.2. The molecule has 2 aromatic carbocycles. The number of carbonyl (C=O) groups excluding carboxylic acids is 3. The molecule has 2 aliphatic heterocycles. The summed E-state index contributed by atoms with van der Waals surface area (Å²) in [6, 6.07) is 14.6. The summed E-state index contributed by atoms with van der Waals surface area (Å²) >= 11 is 0. The van der Waals surface area contributed by atoms with E-state index in [2.05, 4.69) is 5.32 Å². The van der Waals surface area contributed by atoms with Gasteiger partial charge in [0, 0.05) is 24.3 Å². The molecule has 3 amide bonds. The molecule has 144 valence electrons. The number of imide groups is 1. The number of amides is 3. The topological polar surface area (TPSA) is 69.7 Å². The first kappa shape index (κ1) is 18.2. The maximum Gasteiger partial charge on any atom is 0.252 e. The summed E-state index contributed by atoms with van der Waals surface area (Å²) in [4.78, 5) is 40.2. The molecule has 2 heterocycles. The number of rotatable bonds is 5. The molecule has 0 aliphatic carbocycles. The average Bonchev–Trinajstić information content (AvgIpc) is 3.21. The van der Waals surface area contributed by atoms with Gasteiger partial charge in [0.1, 0.15) is 6.04 Å². The standard InChI is InChI=1S/C22H23N3O3/c1-15-12-17(9-10-19(15)24-11-5-8-20(24)26)23-18-13-21(27)25(22(18)28)14-16-6-3-2-4-7-16/h2-4,6-7,9-10,12,18,23H,5,8,11,13-14H2,1H3. The van der Waals surface area contributed by atoms with E-state index in [0.717, 1.165) is 35.5 Å². The molecule has 6 heteroatoms. The Kier molecular flexibility index (Phi) is 4.86. The van der Waals surface area contributed by atoms with Crippen LogP contribution in [0, 0.1) is 6.92 Å². The number of aryl methyl sites for hydroxylation is 1. The second-order valence-corrected chi connectivity index (χ2v) is 7.35. The molecule has 2 saturated heterocycles. The van der Waals surface area contributed by atoms with Crippen LogP contribution < -0.4 is 10.2 Å². The highest BCUT2D eigenvalue weighted by molar-refractivity contribution is 6.06. The van der Waals surface area contributed by atoms with Gasteiger partial charge in [-0.2, -0.15) is 0 Å². The fraction of sp³-hybridized carbons (Fsp3) is 0.318. The van der Waals surface area contributed by atoms with Crippen LogP contribution in [-0.2, 0) is 20.9 Å². The molecule has 6 nitrogen and oxygen atoms in total. The van der Waals surface area contributed by atoms with Gasteiger partial charge >= 0.3 is 0 Å². The molecule has 0 saturated carbocycles. The van der Waals surface area contributed by atoms with Crippen molar-refractivity contribution >= 4 is 29.1 Å². The zero-order chi connectivity index (χ0) is 19.7. The molecule has 0 radical (unpaired) electrons. The van der Waals surface area contributed by atoms with Crippen molar-refractivity contribution < 1.29 is 14.4 Å². The van der Waals surface area contributed by atoms with E-state index in [1.807, 2.05) is 60.4 Å². The third kappa shape index (κ3) is 3.50. The van der Waals surface area contributed by atoms with Crippen molar-refractivity contribution in [3.8, 4) is 0 Å². The summed E-state index contributed by atoms with van der Waals surface area (Å²) in [5.74, 6) is -0.218. The molecule has 1 atom stereocenters. The molecule has 2 aromatic rings. The predicted molar refractivity (Wildman–Crippen MR) is 107 cm³/mol. The van der Waals surface area contributed by atoms with Crippen molar-refractivity contribution in [1.82, 2.24) is 4.90 Å². The molecular weight excluding hydrogens is 354 g/mol. The van der Waals surface area contributed by atoms with E-state index in [4.69, 9.17) is 0 Å². The van der Waals surface area contributed by atoms with Gasteiger partial charge in [-0.15, -0.1) is 0 Å². The number of benzene rings is 2. The van der Waals surface area contributed by atoms with Crippen molar-refractivity contribution in [3.05, 3.63) is 59.7 Å². The van der Waals surface area contributed by atoms with Gasteiger partial charge < -0.3 is 10.2 Å². The fourth-order valence-electron chi connectivity index (χ4n) is 3.88. The first-order chi connectivity index (χ1) is 13.5. The molecule has 0 spiro atoms. The fourth-order valence-corrected chi connectivity index (χ4v) is 3.88. The molecule has 0 aromatic heterocycles. The van der Waals surface area contributed by atoms with E-state index in [1.165, 1.54) is 4.90 Å². The smallest absolute Gasteiger partial charge is 0.252 e. The lowest BCUT2D eigenvalue weighted by atomic mass is 10.1. The highest BCUT2D eigenvalue weighted by Crippen LogP contribution is 2.28. The normalized spacial score (nSPS) is 19.6. The van der Waals surface area contributed by atoms with Crippen LogP contribution in [0.25, 0.3) is 0 Å². The van der Waals surface area contributed by atoms with Crippen LogP contribution in [0.3, 0.4) is 0 Å². The van der Waals surface area contributed by atoms with Crippen LogP contribution in [0.2, 0.25) is 0 Å². The maximum atomic E-state index is 12.7. The van der Waals surface area contributed by atoms with E-state index in [-0.39, 0.29) is 24.1 Å². The molecule has 1 N–H and O–H groups in total. The van der Waals surface area contributed by atoms with Crippen molar-refractivity contribution in [1.29, 1.82) is 0 Å². The Morgan fingerprint density at radius 3 is 2.50 bits per heavy atom. The van der Waals surface area contributed by atoms with Crippen LogP contribution in [0.5, 0.6) is 0 Å². The molecular formula is C22H23N3O3. The number of likely N-dealkylation sites (tertiary alicyclic amines) is 1. The molecule has 2 aliphatic rings. The largest absolute Gasteiger partial charge is 0.373 e. The van der Waals surface area contributed by atoms with Gasteiger partial charge in [0.25, 0.3) is 5.91 Å². The molecule has 0 bridgehead atoms. The number of hydrogen-bond donors (Lipinski definition) is 1. The highest BCUT2D eigenvalue weighted by Gasteiger charge is 2.38. The lowest BCUT2D eigenvalue weighted by Crippen LogP contribution is -2.34. The van der Waals surface area contributed by atoms with Crippen molar-refractivity contribution in [2.75, 3.05) is 16.8 Å². The Bertz CT molecular complexity index is 926.